The molecule has 4 rings (SSSR count). The van der Waals surface area contributed by atoms with Crippen LogP contribution in [0.1, 0.15) is 35.3 Å². The van der Waals surface area contributed by atoms with Crippen LogP contribution in [0, 0.1) is 5.82 Å². The van der Waals surface area contributed by atoms with E-state index in [1.807, 2.05) is 13.8 Å². The average molecular weight is 580 g/mol. The number of nitrogens with one attached hydrogen (secondary N) is 2. The molecule has 0 aliphatic carbocycles. The first kappa shape index (κ1) is 27.8. The Balaban J connectivity index is 1.69. The summed E-state index contributed by atoms with van der Waals surface area (Å²) in [6.45, 7) is 4.04. The van der Waals surface area contributed by atoms with Crippen LogP contribution in [0.25, 0.3) is 0 Å². The summed E-state index contributed by atoms with van der Waals surface area (Å²) in [5.41, 5.74) is 1.29. The second kappa shape index (κ2) is 12.1. The van der Waals surface area contributed by atoms with Gasteiger partial charge in [-0.05, 0) is 38.1 Å². The van der Waals surface area contributed by atoms with Crippen LogP contribution in [0.15, 0.2) is 53.7 Å². The van der Waals surface area contributed by atoms with Crippen LogP contribution in [0.4, 0.5) is 10.1 Å². The van der Waals surface area contributed by atoms with Crippen molar-refractivity contribution in [2.75, 3.05) is 18.5 Å². The van der Waals surface area contributed by atoms with Gasteiger partial charge in [-0.1, -0.05) is 53.0 Å². The number of nitrogens with zero attached hydrogens (tertiary/aromatic N) is 2. The lowest BCUT2D eigenvalue weighted by molar-refractivity contribution is -0.117. The minimum absolute atomic E-state index is 0.0184. The van der Waals surface area contributed by atoms with Gasteiger partial charge in [-0.3, -0.25) is 9.59 Å². The zero-order chi connectivity index (χ0) is 27.4. The van der Waals surface area contributed by atoms with E-state index in [0.717, 1.165) is 12.3 Å². The maximum atomic E-state index is 14.0. The number of fused-ring (bicyclic) bond motifs is 1. The van der Waals surface area contributed by atoms with Crippen LogP contribution in [0.3, 0.4) is 0 Å². The predicted molar refractivity (Wildman–Crippen MR) is 144 cm³/mol. The van der Waals surface area contributed by atoms with Crippen LogP contribution in [0.5, 0.6) is 5.88 Å². The van der Waals surface area contributed by atoms with Gasteiger partial charge < -0.3 is 20.1 Å². The zero-order valence-electron chi connectivity index (χ0n) is 20.2. The van der Waals surface area contributed by atoms with Crippen molar-refractivity contribution >= 4 is 58.0 Å². The summed E-state index contributed by atoms with van der Waals surface area (Å²) in [5, 5.41) is 5.97. The van der Waals surface area contributed by atoms with Crippen molar-refractivity contribution in [3.8, 4) is 5.88 Å². The molecule has 0 bridgehead atoms. The van der Waals surface area contributed by atoms with Gasteiger partial charge in [-0.15, -0.1) is 0 Å². The summed E-state index contributed by atoms with van der Waals surface area (Å²) in [5.74, 6) is -2.36. The summed E-state index contributed by atoms with van der Waals surface area (Å²) in [6, 6.07) is 10.8. The molecule has 198 valence electrons. The van der Waals surface area contributed by atoms with Gasteiger partial charge in [0.05, 0.1) is 40.4 Å². The molecule has 0 spiro atoms. The van der Waals surface area contributed by atoms with E-state index < -0.39 is 23.8 Å². The Morgan fingerprint density at radius 1 is 1.13 bits per heavy atom. The topological polar surface area (TPSA) is 102 Å². The van der Waals surface area contributed by atoms with Crippen molar-refractivity contribution in [2.24, 2.45) is 4.99 Å². The van der Waals surface area contributed by atoms with Crippen molar-refractivity contribution in [1.29, 1.82) is 0 Å². The summed E-state index contributed by atoms with van der Waals surface area (Å²) < 4.78 is 25.0. The second-order valence-electron chi connectivity index (χ2n) is 8.41. The van der Waals surface area contributed by atoms with Crippen LogP contribution in [-0.4, -0.2) is 48.0 Å². The van der Waals surface area contributed by atoms with Gasteiger partial charge in [0.2, 0.25) is 12.0 Å². The Labute approximate surface area is 233 Å². The lowest BCUT2D eigenvalue weighted by Crippen LogP contribution is -2.42. The highest BCUT2D eigenvalue weighted by Gasteiger charge is 2.30. The molecule has 3 aromatic rings. The molecular weight excluding hydrogens is 558 g/mol. The van der Waals surface area contributed by atoms with Crippen molar-refractivity contribution in [2.45, 2.75) is 26.1 Å². The maximum absolute atomic E-state index is 14.0. The number of benzene rings is 2. The van der Waals surface area contributed by atoms with Crippen LogP contribution in [0.2, 0.25) is 15.1 Å². The number of rotatable bonds is 8. The minimum Gasteiger partial charge on any atom is -0.475 e. The fourth-order valence-corrected chi connectivity index (χ4v) is 4.65. The number of hydrogen-bond donors (Lipinski definition) is 2. The lowest BCUT2D eigenvalue weighted by Gasteiger charge is -2.16. The molecule has 1 atom stereocenters. The van der Waals surface area contributed by atoms with E-state index in [1.165, 1.54) is 12.1 Å². The number of aromatic nitrogens is 1. The molecule has 1 aromatic heterocycles. The summed E-state index contributed by atoms with van der Waals surface area (Å²) >= 11 is 19.0. The number of aliphatic imine (C=N–C) groups is 1. The third-order valence-electron chi connectivity index (χ3n) is 5.29. The number of hydrogen-bond acceptors (Lipinski definition) is 6. The number of para-hydroxylation sites is 1. The number of pyridine rings is 1. The van der Waals surface area contributed by atoms with E-state index >= 15 is 0 Å². The molecule has 1 aliphatic heterocycles. The Morgan fingerprint density at radius 2 is 1.84 bits per heavy atom. The Morgan fingerprint density at radius 3 is 2.55 bits per heavy atom. The van der Waals surface area contributed by atoms with Crippen molar-refractivity contribution in [3.05, 3.63) is 86.2 Å². The smallest absolute Gasteiger partial charge is 0.269 e. The molecule has 2 N–H and O–H groups in total. The van der Waals surface area contributed by atoms with Crippen molar-refractivity contribution < 1.29 is 23.5 Å². The molecule has 1 unspecified atom stereocenters. The largest absolute Gasteiger partial charge is 0.475 e. The van der Waals surface area contributed by atoms with E-state index in [0.29, 0.717) is 21.8 Å². The average Bonchev–Trinajstić information content (AvgIpc) is 2.98. The second-order valence-corrected chi connectivity index (χ2v) is 9.66. The Bertz CT molecular complexity index is 1390. The quantitative estimate of drug-likeness (QED) is 0.342. The molecule has 1 aliphatic rings. The molecule has 2 amide bonds. The number of carbonyl (C=O) groups is 2. The molecule has 0 fully saturated rings. The molecule has 0 saturated carbocycles. The predicted octanol–water partition coefficient (Wildman–Crippen LogP) is 5.53. The van der Waals surface area contributed by atoms with Gasteiger partial charge in [-0.2, -0.15) is 0 Å². The maximum Gasteiger partial charge on any atom is 0.269 e. The molecule has 12 heteroatoms. The molecule has 0 radical (unpaired) electrons. The zero-order valence-corrected chi connectivity index (χ0v) is 22.5. The van der Waals surface area contributed by atoms with Crippen LogP contribution >= 0.6 is 34.8 Å². The van der Waals surface area contributed by atoms with Gasteiger partial charge in [0.25, 0.3) is 11.8 Å². The summed E-state index contributed by atoms with van der Waals surface area (Å²) in [4.78, 5) is 34.7. The van der Waals surface area contributed by atoms with Gasteiger partial charge in [0, 0.05) is 16.1 Å². The molecule has 2 aromatic carbocycles. The van der Waals surface area contributed by atoms with Gasteiger partial charge in [0.15, 0.2) is 0 Å². The van der Waals surface area contributed by atoms with Crippen LogP contribution < -0.4 is 15.4 Å². The molecule has 8 nitrogen and oxygen atoms in total. The van der Waals surface area contributed by atoms with Crippen molar-refractivity contribution in [1.82, 2.24) is 10.3 Å². The van der Waals surface area contributed by atoms with Gasteiger partial charge >= 0.3 is 0 Å². The molecule has 0 saturated heterocycles. The summed E-state index contributed by atoms with van der Waals surface area (Å²) in [7, 11) is 0. The minimum atomic E-state index is -1.44. The highest BCUT2D eigenvalue weighted by molar-refractivity contribution is 6.44. The normalized spacial score (nSPS) is 14.9. The molecular formula is C26H22Cl3FN4O4. The standard InChI is InChI=1S/C26H22Cl3FN4O4/c1-13(2)37-7-8-38-26-17(11-15(30)12-31-26)24(35)34-23-25(36)32-20-6-4-3-5-16(20)22(33-23)21-18(28)9-14(27)10-19(21)29/h3-6,9-13,23H,7-8H2,1-2H3,(H,32,36)(H,34,35). The third kappa shape index (κ3) is 6.42. The fraction of sp³-hybridized carbons (Fsp3) is 0.231. The first-order valence-electron chi connectivity index (χ1n) is 11.5. The number of amides is 2. The van der Waals surface area contributed by atoms with E-state index in [4.69, 9.17) is 44.3 Å². The first-order chi connectivity index (χ1) is 18.1. The Kier molecular flexibility index (Phi) is 8.83. The molecule has 2 heterocycles. The van der Waals surface area contributed by atoms with E-state index in [1.54, 1.807) is 24.3 Å². The van der Waals surface area contributed by atoms with Crippen LogP contribution in [-0.2, 0) is 9.53 Å². The number of anilines is 1. The highest BCUT2D eigenvalue weighted by Crippen LogP contribution is 2.34. The number of ether oxygens (including phenoxy) is 2. The van der Waals surface area contributed by atoms with E-state index in [2.05, 4.69) is 20.6 Å². The number of carbonyl (C=O) groups excluding carboxylic acids is 2. The van der Waals surface area contributed by atoms with E-state index in [-0.39, 0.29) is 46.5 Å². The summed E-state index contributed by atoms with van der Waals surface area (Å²) in [6.07, 6.45) is -0.534. The molecule has 38 heavy (non-hydrogen) atoms. The lowest BCUT2D eigenvalue weighted by atomic mass is 10.0. The number of benzodiazepines with no additional fused rings is 1. The first-order valence-corrected chi connectivity index (χ1v) is 12.6. The van der Waals surface area contributed by atoms with Crippen molar-refractivity contribution in [3.63, 3.8) is 0 Å². The number of halogens is 4. The van der Waals surface area contributed by atoms with Gasteiger partial charge in [-0.25, -0.2) is 14.4 Å². The highest BCUT2D eigenvalue weighted by atomic mass is 35.5. The van der Waals surface area contributed by atoms with E-state index in [9.17, 15) is 14.0 Å². The third-order valence-corrected chi connectivity index (χ3v) is 6.11. The monoisotopic (exact) mass is 578 g/mol. The fourth-order valence-electron chi connectivity index (χ4n) is 3.65. The SMILES string of the molecule is CC(C)OCCOc1ncc(F)cc1C(=O)NC1N=C(c2c(Cl)cc(Cl)cc2Cl)c2ccccc2NC1=O. The van der Waals surface area contributed by atoms with Gasteiger partial charge in [0.1, 0.15) is 18.0 Å². The Hall–Kier alpha value is -3.24.